The zero-order valence-corrected chi connectivity index (χ0v) is 14.6. The van der Waals surface area contributed by atoms with Crippen LogP contribution < -0.4 is 4.90 Å². The van der Waals surface area contributed by atoms with Gasteiger partial charge >= 0.3 is 0 Å². The number of piperazine rings is 1. The molecule has 0 radical (unpaired) electrons. The number of nitrogens with zero attached hydrogens (tertiary/aromatic N) is 5. The summed E-state index contributed by atoms with van der Waals surface area (Å²) in [6.07, 6.45) is 4.58. The van der Waals surface area contributed by atoms with Crippen LogP contribution in [-0.4, -0.2) is 71.1 Å². The van der Waals surface area contributed by atoms with Gasteiger partial charge in [0.25, 0.3) is 5.91 Å². The summed E-state index contributed by atoms with van der Waals surface area (Å²) in [5, 5.41) is 0. The predicted octanol–water partition coefficient (Wildman–Crippen LogP) is 1.49. The van der Waals surface area contributed by atoms with E-state index in [1.165, 1.54) is 0 Å². The van der Waals surface area contributed by atoms with Gasteiger partial charge < -0.3 is 14.7 Å². The van der Waals surface area contributed by atoms with E-state index in [2.05, 4.69) is 21.8 Å². The number of fused-ring (bicyclic) bond motifs is 2. The molecule has 1 amide bonds. The number of carbonyl (C=O) groups excluding carboxylic acids is 1. The molecule has 6 rings (SSSR count). The quantitative estimate of drug-likeness (QED) is 0.813. The number of anilines is 1. The smallest absolute Gasteiger partial charge is 0.260 e. The van der Waals surface area contributed by atoms with E-state index in [0.29, 0.717) is 19.4 Å². The van der Waals surface area contributed by atoms with Gasteiger partial charge in [0.05, 0.1) is 11.7 Å². The second kappa shape index (κ2) is 5.37. The Labute approximate surface area is 147 Å². The highest BCUT2D eigenvalue weighted by Gasteiger charge is 2.56. The van der Waals surface area contributed by atoms with Crippen molar-refractivity contribution in [2.75, 3.05) is 44.7 Å². The minimum absolute atomic E-state index is 0.0396. The summed E-state index contributed by atoms with van der Waals surface area (Å²) in [6, 6.07) is -0.0396. The second-order valence-electron chi connectivity index (χ2n) is 8.01. The van der Waals surface area contributed by atoms with E-state index in [4.69, 9.17) is 4.98 Å². The van der Waals surface area contributed by atoms with E-state index in [1.807, 2.05) is 6.20 Å². The van der Waals surface area contributed by atoms with Crippen molar-refractivity contribution in [1.82, 2.24) is 19.8 Å². The van der Waals surface area contributed by atoms with Crippen molar-refractivity contribution in [3.8, 4) is 0 Å². The van der Waals surface area contributed by atoms with Gasteiger partial charge in [0.2, 0.25) is 5.95 Å². The van der Waals surface area contributed by atoms with Crippen LogP contribution in [0.5, 0.6) is 0 Å². The van der Waals surface area contributed by atoms with Gasteiger partial charge in [-0.2, -0.15) is 0 Å². The number of rotatable bonds is 2. The lowest BCUT2D eigenvalue weighted by Crippen LogP contribution is -2.50. The predicted molar refractivity (Wildman–Crippen MR) is 91.2 cm³/mol. The van der Waals surface area contributed by atoms with Crippen LogP contribution in [-0.2, 0) is 4.79 Å². The maximum atomic E-state index is 14.3. The topological polar surface area (TPSA) is 52.6 Å². The number of hydrogen-bond donors (Lipinski definition) is 0. The van der Waals surface area contributed by atoms with E-state index in [-0.39, 0.29) is 17.9 Å². The normalized spacial score (nSPS) is 30.3. The molecule has 5 aliphatic rings. The van der Waals surface area contributed by atoms with Gasteiger partial charge in [-0.1, -0.05) is 0 Å². The molecule has 2 atom stereocenters. The molecule has 3 aliphatic heterocycles. The second-order valence-corrected chi connectivity index (χ2v) is 8.01. The molecule has 4 heterocycles. The molecule has 2 saturated heterocycles. The third-order valence-corrected chi connectivity index (χ3v) is 6.28. The largest absolute Gasteiger partial charge is 0.338 e. The van der Waals surface area contributed by atoms with Crippen molar-refractivity contribution >= 4 is 11.9 Å². The molecule has 134 valence electrons. The molecule has 7 heteroatoms. The molecule has 0 spiro atoms. The van der Waals surface area contributed by atoms with Crippen LogP contribution in [0, 0.1) is 0 Å². The van der Waals surface area contributed by atoms with E-state index in [0.717, 1.165) is 56.2 Å². The Kier molecular flexibility index (Phi) is 3.33. The van der Waals surface area contributed by atoms with Crippen molar-refractivity contribution in [2.24, 2.45) is 0 Å². The number of aromatic nitrogens is 2. The number of likely N-dealkylation sites (N-methyl/N-ethyl adjacent to an activating group) is 1. The van der Waals surface area contributed by atoms with Gasteiger partial charge in [0.1, 0.15) is 0 Å². The van der Waals surface area contributed by atoms with Crippen LogP contribution in [0.2, 0.25) is 0 Å². The number of halogens is 1. The summed E-state index contributed by atoms with van der Waals surface area (Å²) in [6.45, 7) is 4.54. The Morgan fingerprint density at radius 2 is 2.00 bits per heavy atom. The van der Waals surface area contributed by atoms with E-state index >= 15 is 0 Å². The molecule has 2 unspecified atom stereocenters. The number of amides is 1. The first-order valence-corrected chi connectivity index (χ1v) is 9.35. The number of carbonyl (C=O) groups is 1. The lowest BCUT2D eigenvalue weighted by molar-refractivity contribution is -0.143. The van der Waals surface area contributed by atoms with Gasteiger partial charge in [0.15, 0.2) is 5.67 Å². The van der Waals surface area contributed by atoms with Crippen LogP contribution in [0.15, 0.2) is 6.20 Å². The van der Waals surface area contributed by atoms with Crippen LogP contribution in [0.3, 0.4) is 0 Å². The summed E-state index contributed by atoms with van der Waals surface area (Å²) in [4.78, 5) is 28.3. The highest BCUT2D eigenvalue weighted by molar-refractivity contribution is 5.88. The molecule has 1 aromatic rings. The van der Waals surface area contributed by atoms with E-state index < -0.39 is 5.67 Å². The standard InChI is InChI=1S/C18H24FN5O/c1-22-6-8-23(9-7-22)17-20-10-13-14-3-2-12(15(13)21-17)11-24(14)16(25)18(19)4-5-18/h10,12,14H,2-9,11H2,1H3. The van der Waals surface area contributed by atoms with Crippen molar-refractivity contribution in [3.05, 3.63) is 17.5 Å². The molecule has 1 aromatic heterocycles. The van der Waals surface area contributed by atoms with E-state index in [1.54, 1.807) is 4.90 Å². The third kappa shape index (κ3) is 2.43. The molecule has 25 heavy (non-hydrogen) atoms. The average Bonchev–Trinajstić information content (AvgIpc) is 3.40. The van der Waals surface area contributed by atoms with Gasteiger partial charge in [-0.05, 0) is 32.7 Å². The summed E-state index contributed by atoms with van der Waals surface area (Å²) in [5.74, 6) is 0.720. The lowest BCUT2D eigenvalue weighted by Gasteiger charge is -2.46. The van der Waals surface area contributed by atoms with Crippen LogP contribution in [0.1, 0.15) is 48.9 Å². The first-order valence-electron chi connectivity index (χ1n) is 9.35. The fourth-order valence-electron chi connectivity index (χ4n) is 4.46. The van der Waals surface area contributed by atoms with E-state index in [9.17, 15) is 9.18 Å². The SMILES string of the molecule is CN1CCN(c2ncc3c(n2)C2CCC3N(C(=O)C3(F)CC3)C2)CC1. The van der Waals surface area contributed by atoms with Crippen LogP contribution in [0.4, 0.5) is 10.3 Å². The Morgan fingerprint density at radius 1 is 1.24 bits per heavy atom. The Balaban J connectivity index is 1.42. The van der Waals surface area contributed by atoms with Crippen LogP contribution >= 0.6 is 0 Å². The van der Waals surface area contributed by atoms with Gasteiger partial charge in [-0.15, -0.1) is 0 Å². The third-order valence-electron chi connectivity index (χ3n) is 6.28. The monoisotopic (exact) mass is 345 g/mol. The minimum Gasteiger partial charge on any atom is -0.338 e. The zero-order valence-electron chi connectivity index (χ0n) is 14.6. The first-order chi connectivity index (χ1) is 12.0. The molecular weight excluding hydrogens is 321 g/mol. The Hall–Kier alpha value is -1.76. The molecule has 0 N–H and O–H groups in total. The molecule has 2 aliphatic carbocycles. The highest BCUT2D eigenvalue weighted by Crippen LogP contribution is 2.50. The number of piperidine rings is 1. The van der Waals surface area contributed by atoms with Crippen molar-refractivity contribution in [2.45, 2.75) is 43.3 Å². The van der Waals surface area contributed by atoms with Crippen molar-refractivity contribution in [3.63, 3.8) is 0 Å². The summed E-state index contributed by atoms with van der Waals surface area (Å²) < 4.78 is 14.3. The number of alkyl halides is 1. The van der Waals surface area contributed by atoms with Crippen molar-refractivity contribution in [1.29, 1.82) is 0 Å². The molecule has 6 nitrogen and oxygen atoms in total. The molecule has 0 aromatic carbocycles. The average molecular weight is 345 g/mol. The van der Waals surface area contributed by atoms with Gasteiger partial charge in [-0.3, -0.25) is 4.79 Å². The summed E-state index contributed by atoms with van der Waals surface area (Å²) in [7, 11) is 2.13. The maximum absolute atomic E-state index is 14.3. The minimum atomic E-state index is -1.59. The Bertz CT molecular complexity index is 713. The Morgan fingerprint density at radius 3 is 2.72 bits per heavy atom. The number of hydrogen-bond acceptors (Lipinski definition) is 5. The zero-order chi connectivity index (χ0) is 17.2. The van der Waals surface area contributed by atoms with Gasteiger partial charge in [-0.25, -0.2) is 14.4 Å². The maximum Gasteiger partial charge on any atom is 0.260 e. The fraction of sp³-hybridized carbons (Fsp3) is 0.722. The van der Waals surface area contributed by atoms with Crippen LogP contribution in [0.25, 0.3) is 0 Å². The highest BCUT2D eigenvalue weighted by atomic mass is 19.1. The molecular formula is C18H24FN5O. The lowest BCUT2D eigenvalue weighted by atomic mass is 9.78. The fourth-order valence-corrected chi connectivity index (χ4v) is 4.46. The molecule has 2 bridgehead atoms. The molecule has 1 saturated carbocycles. The van der Waals surface area contributed by atoms with Crippen molar-refractivity contribution < 1.29 is 9.18 Å². The molecule has 3 fully saturated rings. The first kappa shape index (κ1) is 15.5. The summed E-state index contributed by atoms with van der Waals surface area (Å²) in [5.41, 5.74) is 0.545. The summed E-state index contributed by atoms with van der Waals surface area (Å²) >= 11 is 0. The van der Waals surface area contributed by atoms with Gasteiger partial charge in [0, 0.05) is 50.4 Å².